The van der Waals surface area contributed by atoms with Crippen LogP contribution in [-0.4, -0.2) is 28.6 Å². The van der Waals surface area contributed by atoms with Gasteiger partial charge in [-0.05, 0) is 40.5 Å². The Balaban J connectivity index is 1.83. The molecule has 7 heteroatoms. The molecule has 22 heavy (non-hydrogen) atoms. The van der Waals surface area contributed by atoms with Crippen LogP contribution >= 0.6 is 15.9 Å². The van der Waals surface area contributed by atoms with Gasteiger partial charge in [0.05, 0.1) is 22.7 Å². The number of anilines is 1. The van der Waals surface area contributed by atoms with E-state index in [9.17, 15) is 13.6 Å². The molecule has 1 aromatic heterocycles. The van der Waals surface area contributed by atoms with Crippen molar-refractivity contribution >= 4 is 32.8 Å². The highest BCUT2D eigenvalue weighted by molar-refractivity contribution is 9.10. The summed E-state index contributed by atoms with van der Waals surface area (Å²) in [6.45, 7) is 2.42. The van der Waals surface area contributed by atoms with Gasteiger partial charge < -0.3 is 4.90 Å². The van der Waals surface area contributed by atoms with E-state index in [1.54, 1.807) is 18.0 Å². The number of aromatic nitrogens is 2. The number of halogens is 3. The summed E-state index contributed by atoms with van der Waals surface area (Å²) in [5.41, 5.74) is 1.39. The summed E-state index contributed by atoms with van der Waals surface area (Å²) in [5.74, 6) is -3.27. The maximum atomic E-state index is 13.3. The fraction of sp³-hybridized carbons (Fsp3) is 0.467. The van der Waals surface area contributed by atoms with Gasteiger partial charge >= 0.3 is 0 Å². The number of hydrogen-bond acceptors (Lipinski definition) is 3. The van der Waals surface area contributed by atoms with Crippen molar-refractivity contribution < 1.29 is 8.78 Å². The lowest BCUT2D eigenvalue weighted by molar-refractivity contribution is 0.0795. The van der Waals surface area contributed by atoms with Gasteiger partial charge in [-0.25, -0.2) is 13.8 Å². The maximum absolute atomic E-state index is 13.3. The fourth-order valence-corrected chi connectivity index (χ4v) is 4.08. The highest BCUT2D eigenvalue weighted by Gasteiger charge is 2.72. The number of nitrogens with zero attached hydrogens (tertiary/aromatic N) is 3. The molecule has 4 rings (SSSR count). The maximum Gasteiger partial charge on any atom is 0.262 e. The highest BCUT2D eigenvalue weighted by Crippen LogP contribution is 2.59. The van der Waals surface area contributed by atoms with Crippen molar-refractivity contribution in [1.82, 2.24) is 9.55 Å². The lowest BCUT2D eigenvalue weighted by Gasteiger charge is -2.23. The van der Waals surface area contributed by atoms with Gasteiger partial charge in [-0.3, -0.25) is 9.36 Å². The van der Waals surface area contributed by atoms with Gasteiger partial charge in [-0.1, -0.05) is 0 Å². The molecule has 4 nitrogen and oxygen atoms in total. The van der Waals surface area contributed by atoms with Crippen molar-refractivity contribution in [3.63, 3.8) is 0 Å². The van der Waals surface area contributed by atoms with Gasteiger partial charge in [0.15, 0.2) is 0 Å². The summed E-state index contributed by atoms with van der Waals surface area (Å²) >= 11 is 3.44. The van der Waals surface area contributed by atoms with E-state index in [0.717, 1.165) is 10.0 Å². The molecule has 2 heterocycles. The summed E-state index contributed by atoms with van der Waals surface area (Å²) < 4.78 is 28.9. The average Bonchev–Trinajstić information content (AvgIpc) is 2.82. The molecule has 2 unspecified atom stereocenters. The summed E-state index contributed by atoms with van der Waals surface area (Å²) in [7, 11) is 1.64. The summed E-state index contributed by atoms with van der Waals surface area (Å²) in [5, 5.41) is 0.535. The molecule has 1 aliphatic carbocycles. The van der Waals surface area contributed by atoms with E-state index in [2.05, 4.69) is 20.9 Å². The van der Waals surface area contributed by atoms with Crippen LogP contribution in [0, 0.1) is 18.8 Å². The van der Waals surface area contributed by atoms with E-state index in [1.807, 2.05) is 13.0 Å². The van der Waals surface area contributed by atoms with Gasteiger partial charge in [-0.15, -0.1) is 0 Å². The van der Waals surface area contributed by atoms with Gasteiger partial charge in [0, 0.05) is 24.6 Å². The zero-order valence-corrected chi connectivity index (χ0v) is 13.7. The lowest BCUT2D eigenvalue weighted by atomic mass is 10.2. The van der Waals surface area contributed by atoms with Crippen LogP contribution in [0.4, 0.5) is 14.7 Å². The molecule has 2 atom stereocenters. The van der Waals surface area contributed by atoms with Crippen LogP contribution in [-0.2, 0) is 7.05 Å². The molecular formula is C15H14BrF2N3O. The molecule has 0 bridgehead atoms. The molecule has 0 radical (unpaired) electrons. The van der Waals surface area contributed by atoms with Crippen LogP contribution in [0.25, 0.3) is 10.9 Å². The molecule has 2 aromatic rings. The number of fused-ring (bicyclic) bond motifs is 2. The third kappa shape index (κ3) is 1.77. The monoisotopic (exact) mass is 369 g/mol. The standard InChI is InChI=1S/C15H14BrF2N3O/c1-7-3-8-12(11(16)4-7)19-14(20(2)13(8)22)21-5-9-10(6-21)15(9,17)18/h3-4,9-10H,5-6H2,1-2H3. The minimum absolute atomic E-state index is 0.156. The quantitative estimate of drug-likeness (QED) is 0.775. The molecule has 2 fully saturated rings. The minimum atomic E-state index is -2.54. The van der Waals surface area contributed by atoms with E-state index in [-0.39, 0.29) is 18.6 Å². The van der Waals surface area contributed by atoms with Crippen molar-refractivity contribution in [2.75, 3.05) is 18.0 Å². The Morgan fingerprint density at radius 3 is 2.59 bits per heavy atom. The number of benzene rings is 1. The van der Waals surface area contributed by atoms with Crippen LogP contribution in [0.2, 0.25) is 0 Å². The summed E-state index contributed by atoms with van der Waals surface area (Å²) in [4.78, 5) is 18.9. The fourth-order valence-electron chi connectivity index (χ4n) is 3.41. The van der Waals surface area contributed by atoms with Gasteiger partial charge in [0.1, 0.15) is 0 Å². The Morgan fingerprint density at radius 1 is 1.32 bits per heavy atom. The number of piperidine rings is 1. The molecule has 0 spiro atoms. The number of hydrogen-bond donors (Lipinski definition) is 0. The van der Waals surface area contributed by atoms with E-state index in [4.69, 9.17) is 0 Å². The predicted octanol–water partition coefficient (Wildman–Crippen LogP) is 2.71. The highest BCUT2D eigenvalue weighted by atomic mass is 79.9. The number of rotatable bonds is 1. The van der Waals surface area contributed by atoms with Crippen LogP contribution in [0.5, 0.6) is 0 Å². The van der Waals surface area contributed by atoms with Crippen LogP contribution in [0.1, 0.15) is 5.56 Å². The summed E-state index contributed by atoms with van der Waals surface area (Å²) in [6, 6.07) is 3.70. The first kappa shape index (κ1) is 14.1. The topological polar surface area (TPSA) is 38.1 Å². The Bertz CT molecular complexity index is 850. The predicted molar refractivity (Wildman–Crippen MR) is 83.6 cm³/mol. The Hall–Kier alpha value is -1.50. The normalized spacial score (nSPS) is 25.6. The van der Waals surface area contributed by atoms with Crippen molar-refractivity contribution in [2.45, 2.75) is 12.8 Å². The second-order valence-corrected chi connectivity index (χ2v) is 7.07. The Labute approximate surface area is 133 Å². The van der Waals surface area contributed by atoms with Crippen LogP contribution in [0.15, 0.2) is 21.4 Å². The van der Waals surface area contributed by atoms with Crippen LogP contribution in [0.3, 0.4) is 0 Å². The number of alkyl halides is 2. The zero-order chi connectivity index (χ0) is 15.8. The summed E-state index contributed by atoms with van der Waals surface area (Å²) in [6.07, 6.45) is 0. The molecule has 1 saturated heterocycles. The van der Waals surface area contributed by atoms with E-state index < -0.39 is 17.8 Å². The molecule has 0 amide bonds. The molecule has 2 aliphatic rings. The molecular weight excluding hydrogens is 356 g/mol. The average molecular weight is 370 g/mol. The second-order valence-electron chi connectivity index (χ2n) is 6.21. The third-order valence-corrected chi connectivity index (χ3v) is 5.34. The first-order chi connectivity index (χ1) is 10.3. The smallest absolute Gasteiger partial charge is 0.262 e. The lowest BCUT2D eigenvalue weighted by Crippen LogP contribution is -2.34. The first-order valence-corrected chi connectivity index (χ1v) is 7.89. The SMILES string of the molecule is Cc1cc(Br)c2nc(N3CC4C(C3)C4(F)F)n(C)c(=O)c2c1. The Kier molecular flexibility index (Phi) is 2.74. The molecule has 116 valence electrons. The van der Waals surface area contributed by atoms with Gasteiger partial charge in [-0.2, -0.15) is 0 Å². The van der Waals surface area contributed by atoms with Crippen molar-refractivity contribution in [3.8, 4) is 0 Å². The number of aryl methyl sites for hydroxylation is 1. The second kappa shape index (κ2) is 4.28. The van der Waals surface area contributed by atoms with E-state index in [1.165, 1.54) is 4.57 Å². The van der Waals surface area contributed by atoms with Crippen LogP contribution < -0.4 is 10.5 Å². The minimum Gasteiger partial charge on any atom is -0.341 e. The molecule has 0 N–H and O–H groups in total. The van der Waals surface area contributed by atoms with Crippen molar-refractivity contribution in [1.29, 1.82) is 0 Å². The van der Waals surface area contributed by atoms with Crippen molar-refractivity contribution in [3.05, 3.63) is 32.5 Å². The molecule has 1 aliphatic heterocycles. The van der Waals surface area contributed by atoms with Crippen molar-refractivity contribution in [2.24, 2.45) is 18.9 Å². The zero-order valence-electron chi connectivity index (χ0n) is 12.1. The Morgan fingerprint density at radius 2 is 1.95 bits per heavy atom. The van der Waals surface area contributed by atoms with Gasteiger partial charge in [0.2, 0.25) is 5.95 Å². The third-order valence-electron chi connectivity index (χ3n) is 4.74. The van der Waals surface area contributed by atoms with E-state index in [0.29, 0.717) is 16.9 Å². The molecule has 1 aromatic carbocycles. The van der Waals surface area contributed by atoms with Gasteiger partial charge in [0.25, 0.3) is 11.5 Å². The van der Waals surface area contributed by atoms with E-state index >= 15 is 0 Å². The largest absolute Gasteiger partial charge is 0.341 e. The molecule has 1 saturated carbocycles. The first-order valence-electron chi connectivity index (χ1n) is 7.10.